The van der Waals surface area contributed by atoms with E-state index >= 15 is 0 Å². The van der Waals surface area contributed by atoms with Crippen LogP contribution in [0.1, 0.15) is 53.0 Å². The lowest BCUT2D eigenvalue weighted by Crippen LogP contribution is -2.57. The van der Waals surface area contributed by atoms with E-state index in [4.69, 9.17) is 9.47 Å². The van der Waals surface area contributed by atoms with E-state index in [1.165, 1.54) is 40.9 Å². The molecule has 12 heteroatoms. The summed E-state index contributed by atoms with van der Waals surface area (Å²) in [4.78, 5) is 24.6. The number of rotatable bonds is 16. The second kappa shape index (κ2) is 14.6. The van der Waals surface area contributed by atoms with Gasteiger partial charge in [-0.2, -0.15) is 13.2 Å². The van der Waals surface area contributed by atoms with Gasteiger partial charge in [-0.3, -0.25) is 10.1 Å². The minimum Gasteiger partial charge on any atom is -0.494 e. The fourth-order valence-corrected chi connectivity index (χ4v) is 4.13. The number of aliphatic carboxylic acids is 1. The number of nitrogens with one attached hydrogen (secondary N) is 3. The molecule has 42 heavy (non-hydrogen) atoms. The van der Waals surface area contributed by atoms with E-state index in [1.54, 1.807) is 49.4 Å². The third kappa shape index (κ3) is 11.0. The molecule has 0 aliphatic heterocycles. The smallest absolute Gasteiger partial charge is 0.404 e. The molecule has 8 nitrogen and oxygen atoms in total. The molecule has 0 aliphatic carbocycles. The van der Waals surface area contributed by atoms with Crippen LogP contribution in [-0.2, 0) is 16.0 Å². The van der Waals surface area contributed by atoms with Gasteiger partial charge in [0.1, 0.15) is 23.2 Å². The lowest BCUT2D eigenvalue weighted by Gasteiger charge is -2.31. The highest BCUT2D eigenvalue weighted by molar-refractivity contribution is 5.82. The van der Waals surface area contributed by atoms with E-state index in [-0.39, 0.29) is 12.3 Å². The zero-order chi connectivity index (χ0) is 31.7. The summed E-state index contributed by atoms with van der Waals surface area (Å²) >= 11 is 0. The average molecular weight is 600 g/mol. The van der Waals surface area contributed by atoms with Gasteiger partial charge in [0.05, 0.1) is 18.8 Å². The van der Waals surface area contributed by atoms with E-state index in [9.17, 15) is 32.3 Å². The number of alkyl halides is 4. The number of amides is 1. The first kappa shape index (κ1) is 34.7. The van der Waals surface area contributed by atoms with Crippen LogP contribution in [0.15, 0.2) is 48.5 Å². The van der Waals surface area contributed by atoms with E-state index in [0.29, 0.717) is 23.4 Å². The Hall–Kier alpha value is -3.54. The standard InChI is InChI=1S/C30H41F4N3O5/c1-7-20(18-35-22-14-13-21(16-24(22)41-6)42-29(4,5)27(39)40)36-26(38)23(17-28(2,3)31)37-25(30(32,33)34)15-19-11-9-8-10-12-19/h8-14,16,20,23,25,35,37H,7,15,17-18H2,1-6H3,(H,36,38)(H,39,40)/t20-,23+,25+/m1/s1. The highest BCUT2D eigenvalue weighted by Crippen LogP contribution is 2.31. The summed E-state index contributed by atoms with van der Waals surface area (Å²) in [7, 11) is 1.42. The van der Waals surface area contributed by atoms with E-state index < -0.39 is 60.3 Å². The topological polar surface area (TPSA) is 109 Å². The van der Waals surface area contributed by atoms with Gasteiger partial charge >= 0.3 is 12.1 Å². The van der Waals surface area contributed by atoms with Crippen LogP contribution in [0.3, 0.4) is 0 Å². The predicted molar refractivity (Wildman–Crippen MR) is 153 cm³/mol. The number of halogens is 4. The molecule has 1 amide bonds. The third-order valence-electron chi connectivity index (χ3n) is 6.53. The Kier molecular flexibility index (Phi) is 12.0. The number of methoxy groups -OCH3 is 1. The molecule has 0 bridgehead atoms. The molecule has 2 aromatic rings. The molecule has 3 atom stereocenters. The maximum Gasteiger partial charge on any atom is 0.404 e. The van der Waals surface area contributed by atoms with Gasteiger partial charge in [0.2, 0.25) is 5.91 Å². The van der Waals surface area contributed by atoms with Gasteiger partial charge in [-0.1, -0.05) is 37.3 Å². The molecule has 0 unspecified atom stereocenters. The Morgan fingerprint density at radius 2 is 1.64 bits per heavy atom. The number of anilines is 1. The minimum absolute atomic E-state index is 0.178. The van der Waals surface area contributed by atoms with Crippen molar-refractivity contribution in [2.45, 2.75) is 89.5 Å². The van der Waals surface area contributed by atoms with Crippen LogP contribution in [0.4, 0.5) is 23.2 Å². The summed E-state index contributed by atoms with van der Waals surface area (Å²) in [6.07, 6.45) is -5.13. The van der Waals surface area contributed by atoms with Crippen LogP contribution in [0.5, 0.6) is 11.5 Å². The van der Waals surface area contributed by atoms with Crippen molar-refractivity contribution in [3.05, 3.63) is 54.1 Å². The molecule has 0 saturated carbocycles. The quantitative estimate of drug-likeness (QED) is 0.188. The van der Waals surface area contributed by atoms with Crippen molar-refractivity contribution >= 4 is 17.6 Å². The van der Waals surface area contributed by atoms with Crippen LogP contribution in [0.25, 0.3) is 0 Å². The summed E-state index contributed by atoms with van der Waals surface area (Å²) in [5.74, 6) is -1.27. The van der Waals surface area contributed by atoms with Crippen LogP contribution in [0, 0.1) is 0 Å². The minimum atomic E-state index is -4.67. The molecule has 0 radical (unpaired) electrons. The molecule has 0 aromatic heterocycles. The highest BCUT2D eigenvalue weighted by atomic mass is 19.4. The number of carboxylic acid groups (broad SMARTS) is 1. The van der Waals surface area contributed by atoms with Gasteiger partial charge in [-0.05, 0) is 58.2 Å². The van der Waals surface area contributed by atoms with Crippen molar-refractivity contribution in [2.75, 3.05) is 19.0 Å². The second-order valence-corrected chi connectivity index (χ2v) is 11.2. The van der Waals surface area contributed by atoms with Crippen molar-refractivity contribution < 1.29 is 41.7 Å². The molecule has 234 valence electrons. The summed E-state index contributed by atoms with van der Waals surface area (Å²) in [6.45, 7) is 7.22. The number of carbonyl (C=O) groups excluding carboxylic acids is 1. The molecular weight excluding hydrogens is 558 g/mol. The largest absolute Gasteiger partial charge is 0.494 e. The van der Waals surface area contributed by atoms with E-state index in [0.717, 1.165) is 0 Å². The fraction of sp³-hybridized carbons (Fsp3) is 0.533. The van der Waals surface area contributed by atoms with Crippen molar-refractivity contribution in [3.63, 3.8) is 0 Å². The normalized spacial score (nSPS) is 14.4. The first-order chi connectivity index (χ1) is 19.4. The highest BCUT2D eigenvalue weighted by Gasteiger charge is 2.43. The maximum absolute atomic E-state index is 14.7. The van der Waals surface area contributed by atoms with Crippen molar-refractivity contribution in [1.29, 1.82) is 0 Å². The molecule has 0 fully saturated rings. The van der Waals surface area contributed by atoms with Gasteiger partial charge in [-0.25, -0.2) is 9.18 Å². The van der Waals surface area contributed by atoms with E-state index in [2.05, 4.69) is 16.0 Å². The molecule has 0 aliphatic rings. The molecule has 2 aromatic carbocycles. The van der Waals surface area contributed by atoms with Crippen molar-refractivity contribution in [3.8, 4) is 11.5 Å². The summed E-state index contributed by atoms with van der Waals surface area (Å²) < 4.78 is 67.5. The van der Waals surface area contributed by atoms with Gasteiger partial charge in [0.25, 0.3) is 0 Å². The lowest BCUT2D eigenvalue weighted by atomic mass is 9.97. The molecule has 0 saturated heterocycles. The average Bonchev–Trinajstić information content (AvgIpc) is 2.89. The Bertz CT molecular complexity index is 1170. The first-order valence-corrected chi connectivity index (χ1v) is 13.7. The zero-order valence-electron chi connectivity index (χ0n) is 24.8. The van der Waals surface area contributed by atoms with Gasteiger partial charge in [0.15, 0.2) is 5.60 Å². The number of ether oxygens (including phenoxy) is 2. The number of carboxylic acids is 1. The number of hydrogen-bond donors (Lipinski definition) is 4. The van der Waals surface area contributed by atoms with Crippen molar-refractivity contribution in [1.82, 2.24) is 10.6 Å². The molecule has 0 spiro atoms. The summed E-state index contributed by atoms with van der Waals surface area (Å²) in [5, 5.41) is 17.6. The Balaban J connectivity index is 2.16. The number of hydrogen-bond acceptors (Lipinski definition) is 6. The van der Waals surface area contributed by atoms with E-state index in [1.807, 2.05) is 0 Å². The van der Waals surface area contributed by atoms with Crippen LogP contribution >= 0.6 is 0 Å². The van der Waals surface area contributed by atoms with Crippen LogP contribution < -0.4 is 25.4 Å². The van der Waals surface area contributed by atoms with Crippen molar-refractivity contribution in [2.24, 2.45) is 0 Å². The molecular formula is C30H41F4N3O5. The second-order valence-electron chi connectivity index (χ2n) is 11.2. The monoisotopic (exact) mass is 599 g/mol. The Labute approximate surface area is 244 Å². The SMILES string of the molecule is CC[C@H](CNc1ccc(OC(C)(C)C(=O)O)cc1OC)NC(=O)[C@H](CC(C)(C)F)N[C@@H](Cc1ccccc1)C(F)(F)F. The maximum atomic E-state index is 14.7. The van der Waals surface area contributed by atoms with Gasteiger partial charge < -0.3 is 25.2 Å². The fourth-order valence-electron chi connectivity index (χ4n) is 4.13. The molecule has 2 rings (SSSR count). The zero-order valence-corrected chi connectivity index (χ0v) is 24.8. The molecule has 4 N–H and O–H groups in total. The van der Waals surface area contributed by atoms with Crippen LogP contribution in [-0.4, -0.2) is 66.2 Å². The third-order valence-corrected chi connectivity index (χ3v) is 6.53. The summed E-state index contributed by atoms with van der Waals surface area (Å²) in [6, 6.07) is 8.74. The Morgan fingerprint density at radius 1 is 1.00 bits per heavy atom. The predicted octanol–water partition coefficient (Wildman–Crippen LogP) is 5.51. The van der Waals surface area contributed by atoms with Crippen LogP contribution in [0.2, 0.25) is 0 Å². The summed E-state index contributed by atoms with van der Waals surface area (Å²) in [5.41, 5.74) is -2.43. The molecule has 0 heterocycles. The van der Waals surface area contributed by atoms with Gasteiger partial charge in [0, 0.05) is 25.1 Å². The van der Waals surface area contributed by atoms with Gasteiger partial charge in [-0.15, -0.1) is 0 Å². The lowest BCUT2D eigenvalue weighted by molar-refractivity contribution is -0.159. The first-order valence-electron chi connectivity index (χ1n) is 13.7. The Morgan fingerprint density at radius 3 is 2.17 bits per heavy atom. The number of carbonyl (C=O) groups is 2. The number of benzene rings is 2.